The average molecular weight is 435 g/mol. The Bertz CT molecular complexity index is 982. The Morgan fingerprint density at radius 3 is 2.10 bits per heavy atom. The largest absolute Gasteiger partial charge is 0.290 e. The summed E-state index contributed by atoms with van der Waals surface area (Å²) < 4.78 is 44.8. The van der Waals surface area contributed by atoms with Crippen LogP contribution in [0.5, 0.6) is 0 Å². The number of benzene rings is 2. The van der Waals surface area contributed by atoms with Crippen LogP contribution in [0.25, 0.3) is 0 Å². The van der Waals surface area contributed by atoms with Gasteiger partial charge in [0.2, 0.25) is 0 Å². The lowest BCUT2D eigenvalue weighted by atomic mass is 10.0. The van der Waals surface area contributed by atoms with Gasteiger partial charge in [-0.15, -0.1) is 0 Å². The fourth-order valence-electron chi connectivity index (χ4n) is 3.11. The number of fused-ring (bicyclic) bond motifs is 1. The first-order chi connectivity index (χ1) is 13.9. The van der Waals surface area contributed by atoms with Crippen LogP contribution < -0.4 is 4.72 Å². The lowest BCUT2D eigenvalue weighted by molar-refractivity contribution is -0.0275. The summed E-state index contributed by atoms with van der Waals surface area (Å²) in [4.78, 5) is 25.5. The molecule has 30 heavy (non-hydrogen) atoms. The predicted molar refractivity (Wildman–Crippen MR) is 112 cm³/mol. The molecule has 3 rings (SSSR count). The van der Waals surface area contributed by atoms with Crippen molar-refractivity contribution in [3.05, 3.63) is 70.8 Å². The second-order valence-corrected chi connectivity index (χ2v) is 10.3. The zero-order valence-electron chi connectivity index (χ0n) is 17.2. The van der Waals surface area contributed by atoms with E-state index in [4.69, 9.17) is 0 Å². The van der Waals surface area contributed by atoms with Gasteiger partial charge in [0.1, 0.15) is 0 Å². The number of amides is 2. The Labute approximate surface area is 177 Å². The first-order valence-corrected chi connectivity index (χ1v) is 10.7. The smallest absolute Gasteiger partial charge is 0.269 e. The number of hydrogen-bond acceptors (Lipinski definition) is 3. The van der Waals surface area contributed by atoms with Crippen LogP contribution in [0.15, 0.2) is 48.5 Å². The van der Waals surface area contributed by atoms with E-state index in [0.717, 1.165) is 0 Å². The van der Waals surface area contributed by atoms with Gasteiger partial charge in [-0.05, 0) is 51.5 Å². The molecule has 2 atom stereocenters. The van der Waals surface area contributed by atoms with E-state index in [1.165, 1.54) is 30.3 Å². The maximum Gasteiger partial charge on any atom is 0.290 e. The van der Waals surface area contributed by atoms with E-state index in [1.54, 1.807) is 25.1 Å². The van der Waals surface area contributed by atoms with Gasteiger partial charge in [-0.2, -0.15) is 8.78 Å². The van der Waals surface area contributed by atoms with Gasteiger partial charge in [-0.3, -0.25) is 14.5 Å². The molecule has 0 fully saturated rings. The van der Waals surface area contributed by atoms with Crippen LogP contribution in [-0.2, 0) is 16.9 Å². The summed E-state index contributed by atoms with van der Waals surface area (Å²) >= 11 is 0. The predicted octanol–water partition coefficient (Wildman–Crippen LogP) is 4.19. The van der Waals surface area contributed by atoms with Crippen molar-refractivity contribution in [1.82, 2.24) is 9.62 Å². The van der Waals surface area contributed by atoms with Crippen molar-refractivity contribution >= 4 is 22.8 Å². The number of carbonyl (C=O) groups excluding carboxylic acids is 2. The molecular weight excluding hydrogens is 410 g/mol. The van der Waals surface area contributed by atoms with E-state index in [-0.39, 0.29) is 16.7 Å². The van der Waals surface area contributed by atoms with Crippen molar-refractivity contribution in [2.24, 2.45) is 0 Å². The second-order valence-electron chi connectivity index (χ2n) is 8.29. The van der Waals surface area contributed by atoms with Crippen molar-refractivity contribution in [3.63, 3.8) is 0 Å². The SMILES string of the molecule is C[C@@H](N[S@](=O)C(C)(C)C)c1cccc(C(F)(F)CN2C(=O)c3ccccc3C2=O)c1. The minimum absolute atomic E-state index is 0.134. The Hall–Kier alpha value is -2.45. The molecule has 0 radical (unpaired) electrons. The standard InChI is InChI=1S/C22H24F2N2O3S/c1-14(25-30(29)21(2,3)4)15-8-7-9-16(12-15)22(23,24)13-26-19(27)17-10-5-6-11-18(17)20(26)28/h5-12,14,25H,13H2,1-4H3/t14-,30-/m1/s1. The zero-order valence-corrected chi connectivity index (χ0v) is 18.1. The third-order valence-corrected chi connectivity index (χ3v) is 6.56. The van der Waals surface area contributed by atoms with E-state index in [9.17, 15) is 13.8 Å². The van der Waals surface area contributed by atoms with Crippen LogP contribution in [0.4, 0.5) is 8.78 Å². The fraction of sp³-hybridized carbons (Fsp3) is 0.364. The molecule has 0 aliphatic carbocycles. The Morgan fingerprint density at radius 2 is 1.57 bits per heavy atom. The number of hydrogen-bond donors (Lipinski definition) is 1. The highest BCUT2D eigenvalue weighted by molar-refractivity contribution is 7.84. The number of carbonyl (C=O) groups is 2. The van der Waals surface area contributed by atoms with E-state index >= 15 is 8.78 Å². The lowest BCUT2D eigenvalue weighted by Gasteiger charge is -2.25. The molecule has 0 saturated heterocycles. The summed E-state index contributed by atoms with van der Waals surface area (Å²) in [5, 5.41) is 0. The minimum Gasteiger partial charge on any atom is -0.269 e. The number of imide groups is 1. The van der Waals surface area contributed by atoms with Crippen LogP contribution >= 0.6 is 0 Å². The van der Waals surface area contributed by atoms with Crippen molar-refractivity contribution in [1.29, 1.82) is 0 Å². The highest BCUT2D eigenvalue weighted by atomic mass is 32.2. The van der Waals surface area contributed by atoms with E-state index in [2.05, 4.69) is 4.72 Å². The second kappa shape index (κ2) is 8.00. The van der Waals surface area contributed by atoms with Crippen LogP contribution in [0.3, 0.4) is 0 Å². The molecule has 2 aromatic carbocycles. The Morgan fingerprint density at radius 1 is 1.00 bits per heavy atom. The topological polar surface area (TPSA) is 66.5 Å². The summed E-state index contributed by atoms with van der Waals surface area (Å²) in [6.07, 6.45) is 0. The lowest BCUT2D eigenvalue weighted by Crippen LogP contribution is -2.39. The molecule has 0 unspecified atom stereocenters. The van der Waals surface area contributed by atoms with Gasteiger partial charge in [0.05, 0.1) is 33.4 Å². The fourth-order valence-corrected chi connectivity index (χ4v) is 3.92. The van der Waals surface area contributed by atoms with Crippen molar-refractivity contribution in [2.45, 2.75) is 44.4 Å². The van der Waals surface area contributed by atoms with Gasteiger partial charge in [0.15, 0.2) is 0 Å². The summed E-state index contributed by atoms with van der Waals surface area (Å²) in [6, 6.07) is 11.4. The molecule has 8 heteroatoms. The summed E-state index contributed by atoms with van der Waals surface area (Å²) in [6.45, 7) is 6.14. The summed E-state index contributed by atoms with van der Waals surface area (Å²) in [5.41, 5.74) is 0.489. The molecule has 160 valence electrons. The molecule has 2 aromatic rings. The maximum absolute atomic E-state index is 15.0. The van der Waals surface area contributed by atoms with Crippen LogP contribution in [0.2, 0.25) is 0 Å². The van der Waals surface area contributed by atoms with Crippen LogP contribution in [-0.4, -0.2) is 32.2 Å². The summed E-state index contributed by atoms with van der Waals surface area (Å²) in [7, 11) is -1.37. The van der Waals surface area contributed by atoms with Crippen LogP contribution in [0, 0.1) is 0 Å². The number of alkyl halides is 2. The number of halogens is 2. The first-order valence-electron chi connectivity index (χ1n) is 9.53. The Balaban J connectivity index is 1.81. The van der Waals surface area contributed by atoms with E-state index in [1.807, 2.05) is 20.8 Å². The van der Waals surface area contributed by atoms with Crippen molar-refractivity contribution in [2.75, 3.05) is 6.54 Å². The molecule has 2 amide bonds. The molecule has 5 nitrogen and oxygen atoms in total. The quantitative estimate of drug-likeness (QED) is 0.694. The molecule has 0 bridgehead atoms. The molecular formula is C22H24F2N2O3S. The first kappa shape index (κ1) is 22.2. The molecule has 1 N–H and O–H groups in total. The highest BCUT2D eigenvalue weighted by Gasteiger charge is 2.43. The van der Waals surface area contributed by atoms with Gasteiger partial charge in [-0.25, -0.2) is 8.93 Å². The average Bonchev–Trinajstić information content (AvgIpc) is 2.92. The van der Waals surface area contributed by atoms with Gasteiger partial charge in [0.25, 0.3) is 17.7 Å². The maximum atomic E-state index is 15.0. The number of nitrogens with zero attached hydrogens (tertiary/aromatic N) is 1. The molecule has 1 aliphatic heterocycles. The summed E-state index contributed by atoms with van der Waals surface area (Å²) in [5.74, 6) is -4.88. The molecule has 0 spiro atoms. The monoisotopic (exact) mass is 434 g/mol. The normalized spacial score (nSPS) is 16.5. The van der Waals surface area contributed by atoms with E-state index < -0.39 is 46.1 Å². The van der Waals surface area contributed by atoms with Gasteiger partial charge in [0, 0.05) is 11.6 Å². The van der Waals surface area contributed by atoms with Crippen molar-refractivity contribution in [3.8, 4) is 0 Å². The third kappa shape index (κ3) is 4.34. The minimum atomic E-state index is -3.44. The zero-order chi connectivity index (χ0) is 22.3. The van der Waals surface area contributed by atoms with Gasteiger partial charge >= 0.3 is 0 Å². The van der Waals surface area contributed by atoms with Gasteiger partial charge in [-0.1, -0.05) is 30.3 Å². The van der Waals surface area contributed by atoms with Crippen LogP contribution in [0.1, 0.15) is 65.6 Å². The number of nitrogens with one attached hydrogen (secondary N) is 1. The third-order valence-electron chi connectivity index (χ3n) is 4.88. The van der Waals surface area contributed by atoms with Crippen molar-refractivity contribution < 1.29 is 22.6 Å². The van der Waals surface area contributed by atoms with Gasteiger partial charge < -0.3 is 0 Å². The molecule has 1 heterocycles. The number of rotatable bonds is 6. The Kier molecular flexibility index (Phi) is 5.93. The van der Waals surface area contributed by atoms with E-state index in [0.29, 0.717) is 10.5 Å². The molecule has 0 aromatic heterocycles. The molecule has 1 aliphatic rings. The highest BCUT2D eigenvalue weighted by Crippen LogP contribution is 2.34. The molecule has 0 saturated carbocycles.